The third-order valence-corrected chi connectivity index (χ3v) is 3.11. The Morgan fingerprint density at radius 3 is 2.56 bits per heavy atom. The monoisotopic (exact) mass is 223 g/mol. The van der Waals surface area contributed by atoms with Crippen molar-refractivity contribution >= 4 is 5.69 Å². The standard InChI is InChI=1S/C12H18FN3/c1-15-4-6-16(7-5-15)12-8-11(13)3-2-10(12)9-14/h2-3,8H,4-7,9,14H2,1H3. The molecule has 88 valence electrons. The van der Waals surface area contributed by atoms with Crippen molar-refractivity contribution in [2.24, 2.45) is 5.73 Å². The number of rotatable bonds is 2. The molecule has 1 aliphatic rings. The van der Waals surface area contributed by atoms with Crippen LogP contribution in [0.4, 0.5) is 10.1 Å². The van der Waals surface area contributed by atoms with Gasteiger partial charge in [0.2, 0.25) is 0 Å². The molecule has 1 aromatic carbocycles. The Kier molecular flexibility index (Phi) is 3.41. The van der Waals surface area contributed by atoms with E-state index in [-0.39, 0.29) is 5.82 Å². The van der Waals surface area contributed by atoms with Crippen molar-refractivity contribution in [1.82, 2.24) is 4.90 Å². The highest BCUT2D eigenvalue weighted by Crippen LogP contribution is 2.22. The smallest absolute Gasteiger partial charge is 0.125 e. The third-order valence-electron chi connectivity index (χ3n) is 3.11. The Morgan fingerprint density at radius 1 is 1.25 bits per heavy atom. The summed E-state index contributed by atoms with van der Waals surface area (Å²) in [5.74, 6) is -0.189. The van der Waals surface area contributed by atoms with Gasteiger partial charge in [0, 0.05) is 38.4 Å². The Bertz CT molecular complexity index is 359. The quantitative estimate of drug-likeness (QED) is 0.813. The lowest BCUT2D eigenvalue weighted by Crippen LogP contribution is -2.44. The molecule has 16 heavy (non-hydrogen) atoms. The van der Waals surface area contributed by atoms with Crippen LogP contribution >= 0.6 is 0 Å². The SMILES string of the molecule is CN1CCN(c2cc(F)ccc2CN)CC1. The molecule has 3 nitrogen and oxygen atoms in total. The number of hydrogen-bond acceptors (Lipinski definition) is 3. The van der Waals surface area contributed by atoms with E-state index in [4.69, 9.17) is 5.73 Å². The lowest BCUT2D eigenvalue weighted by molar-refractivity contribution is 0.312. The molecule has 2 rings (SSSR count). The topological polar surface area (TPSA) is 32.5 Å². The summed E-state index contributed by atoms with van der Waals surface area (Å²) in [7, 11) is 2.10. The first-order valence-electron chi connectivity index (χ1n) is 5.62. The van der Waals surface area contributed by atoms with Crippen LogP contribution in [-0.2, 0) is 6.54 Å². The van der Waals surface area contributed by atoms with Gasteiger partial charge in [-0.05, 0) is 24.7 Å². The van der Waals surface area contributed by atoms with Crippen LogP contribution in [0.15, 0.2) is 18.2 Å². The summed E-state index contributed by atoms with van der Waals surface area (Å²) in [4.78, 5) is 4.49. The van der Waals surface area contributed by atoms with Crippen LogP contribution in [0, 0.1) is 5.82 Å². The van der Waals surface area contributed by atoms with Crippen LogP contribution in [0.1, 0.15) is 5.56 Å². The maximum Gasteiger partial charge on any atom is 0.125 e. The molecule has 0 bridgehead atoms. The molecule has 1 heterocycles. The maximum atomic E-state index is 13.2. The predicted molar refractivity (Wildman–Crippen MR) is 64.0 cm³/mol. The second kappa shape index (κ2) is 4.80. The van der Waals surface area contributed by atoms with E-state index in [0.717, 1.165) is 37.4 Å². The molecule has 0 unspecified atom stereocenters. The predicted octanol–water partition coefficient (Wildman–Crippen LogP) is 1.04. The summed E-state index contributed by atoms with van der Waals surface area (Å²) in [6.07, 6.45) is 0. The maximum absolute atomic E-state index is 13.2. The molecule has 2 N–H and O–H groups in total. The van der Waals surface area contributed by atoms with Gasteiger partial charge >= 0.3 is 0 Å². The molecule has 0 radical (unpaired) electrons. The molecule has 0 spiro atoms. The zero-order valence-electron chi connectivity index (χ0n) is 9.62. The first-order chi connectivity index (χ1) is 7.70. The first-order valence-corrected chi connectivity index (χ1v) is 5.62. The summed E-state index contributed by atoms with van der Waals surface area (Å²) in [6.45, 7) is 4.36. The Labute approximate surface area is 95.6 Å². The minimum absolute atomic E-state index is 0.189. The van der Waals surface area contributed by atoms with Crippen LogP contribution in [0.25, 0.3) is 0 Å². The summed E-state index contributed by atoms with van der Waals surface area (Å²) >= 11 is 0. The van der Waals surface area contributed by atoms with Crippen molar-refractivity contribution in [2.75, 3.05) is 38.1 Å². The van der Waals surface area contributed by atoms with Crippen LogP contribution < -0.4 is 10.6 Å². The molecule has 4 heteroatoms. The van der Waals surface area contributed by atoms with E-state index in [1.807, 2.05) is 0 Å². The van der Waals surface area contributed by atoms with Crippen LogP contribution in [0.3, 0.4) is 0 Å². The second-order valence-corrected chi connectivity index (χ2v) is 4.27. The third kappa shape index (κ3) is 2.33. The van der Waals surface area contributed by atoms with Crippen LogP contribution in [0.5, 0.6) is 0 Å². The molecule has 0 atom stereocenters. The lowest BCUT2D eigenvalue weighted by Gasteiger charge is -2.35. The zero-order chi connectivity index (χ0) is 11.5. The van der Waals surface area contributed by atoms with Gasteiger partial charge in [-0.25, -0.2) is 4.39 Å². The van der Waals surface area contributed by atoms with Gasteiger partial charge in [0.25, 0.3) is 0 Å². The lowest BCUT2D eigenvalue weighted by atomic mass is 10.1. The van der Waals surface area contributed by atoms with Crippen molar-refractivity contribution in [3.8, 4) is 0 Å². The number of halogens is 1. The van der Waals surface area contributed by atoms with Crippen molar-refractivity contribution in [2.45, 2.75) is 6.54 Å². The molecule has 1 saturated heterocycles. The molecule has 0 saturated carbocycles. The van der Waals surface area contributed by atoms with E-state index >= 15 is 0 Å². The summed E-state index contributed by atoms with van der Waals surface area (Å²) < 4.78 is 13.2. The van der Waals surface area contributed by atoms with Crippen molar-refractivity contribution in [3.63, 3.8) is 0 Å². The largest absolute Gasteiger partial charge is 0.369 e. The van der Waals surface area contributed by atoms with Gasteiger partial charge in [-0.2, -0.15) is 0 Å². The minimum Gasteiger partial charge on any atom is -0.369 e. The number of nitrogens with two attached hydrogens (primary N) is 1. The van der Waals surface area contributed by atoms with Crippen LogP contribution in [0.2, 0.25) is 0 Å². The molecule has 0 aliphatic carbocycles. The van der Waals surface area contributed by atoms with E-state index in [2.05, 4.69) is 16.8 Å². The normalized spacial score (nSPS) is 17.8. The average molecular weight is 223 g/mol. The van der Waals surface area contributed by atoms with E-state index in [1.54, 1.807) is 12.1 Å². The molecule has 1 fully saturated rings. The van der Waals surface area contributed by atoms with Gasteiger partial charge in [-0.1, -0.05) is 6.07 Å². The van der Waals surface area contributed by atoms with Crippen molar-refractivity contribution < 1.29 is 4.39 Å². The average Bonchev–Trinajstić information content (AvgIpc) is 2.30. The van der Waals surface area contributed by atoms with Gasteiger partial charge in [-0.3, -0.25) is 0 Å². The van der Waals surface area contributed by atoms with Gasteiger partial charge in [-0.15, -0.1) is 0 Å². The molecule has 0 amide bonds. The Balaban J connectivity index is 2.21. The minimum atomic E-state index is -0.189. The molecule has 1 aromatic rings. The van der Waals surface area contributed by atoms with Gasteiger partial charge in [0.05, 0.1) is 0 Å². The van der Waals surface area contributed by atoms with Crippen LogP contribution in [-0.4, -0.2) is 38.1 Å². The number of hydrogen-bond donors (Lipinski definition) is 1. The number of piperazine rings is 1. The van der Waals surface area contributed by atoms with E-state index < -0.39 is 0 Å². The molecule has 0 aromatic heterocycles. The van der Waals surface area contributed by atoms with E-state index in [9.17, 15) is 4.39 Å². The molecular formula is C12H18FN3. The van der Waals surface area contributed by atoms with E-state index in [1.165, 1.54) is 6.07 Å². The van der Waals surface area contributed by atoms with E-state index in [0.29, 0.717) is 6.54 Å². The molecule has 1 aliphatic heterocycles. The van der Waals surface area contributed by atoms with Crippen molar-refractivity contribution in [3.05, 3.63) is 29.6 Å². The van der Waals surface area contributed by atoms with Gasteiger partial charge in [0.15, 0.2) is 0 Å². The van der Waals surface area contributed by atoms with Gasteiger partial charge in [0.1, 0.15) is 5.82 Å². The highest BCUT2D eigenvalue weighted by molar-refractivity contribution is 5.54. The highest BCUT2D eigenvalue weighted by Gasteiger charge is 2.16. The summed E-state index contributed by atoms with van der Waals surface area (Å²) in [5.41, 5.74) is 7.65. The summed E-state index contributed by atoms with van der Waals surface area (Å²) in [6, 6.07) is 4.85. The number of nitrogens with zero attached hydrogens (tertiary/aromatic N) is 2. The number of likely N-dealkylation sites (N-methyl/N-ethyl adjacent to an activating group) is 1. The number of anilines is 1. The fraction of sp³-hybridized carbons (Fsp3) is 0.500. The highest BCUT2D eigenvalue weighted by atomic mass is 19.1. The molecular weight excluding hydrogens is 205 g/mol. The first kappa shape index (κ1) is 11.4. The summed E-state index contributed by atoms with van der Waals surface area (Å²) in [5, 5.41) is 0. The van der Waals surface area contributed by atoms with Gasteiger partial charge < -0.3 is 15.5 Å². The fourth-order valence-electron chi connectivity index (χ4n) is 2.05. The van der Waals surface area contributed by atoms with Crippen molar-refractivity contribution in [1.29, 1.82) is 0 Å². The number of benzene rings is 1. The zero-order valence-corrected chi connectivity index (χ0v) is 9.62. The Hall–Kier alpha value is -1.13. The Morgan fingerprint density at radius 2 is 1.94 bits per heavy atom. The second-order valence-electron chi connectivity index (χ2n) is 4.27. The fourth-order valence-corrected chi connectivity index (χ4v) is 2.05.